The predicted octanol–water partition coefficient (Wildman–Crippen LogP) is -2.10. The summed E-state index contributed by atoms with van der Waals surface area (Å²) in [6, 6.07) is -1.38. The number of carbonyl (C=O) groups excluding carboxylic acids is 3. The summed E-state index contributed by atoms with van der Waals surface area (Å²) >= 11 is 0. The number of hydrogen-bond donors (Lipinski definition) is 4. The van der Waals surface area contributed by atoms with Crippen molar-refractivity contribution in [3.05, 3.63) is 22.4 Å². The molecule has 0 fully saturated rings. The Morgan fingerprint density at radius 2 is 1.81 bits per heavy atom. The number of carboxylic acids is 1. The molecule has 13 nitrogen and oxygen atoms in total. The Morgan fingerprint density at radius 1 is 1.35 bits per heavy atom. The minimum absolute atomic E-state index is 0. The van der Waals surface area contributed by atoms with E-state index >= 15 is 0 Å². The first-order valence-electron chi connectivity index (χ1n) is 5.79. The standard InChI is InChI=1S/C6H7N5O.C3H6NO3.3CHO.Re/c1-11-2-8-4-3(11)5(12)10-6(7)9-4;4-2(1-5)3(6)7;3*1-2;/h2H,1H3,(H3,7,9,10,12);2,4-5H,1H2,(H,6,7);3*1H;/q;4*-1;. The van der Waals surface area contributed by atoms with Gasteiger partial charge in [-0.05, 0) is 6.04 Å². The van der Waals surface area contributed by atoms with E-state index in [1.165, 1.54) is 6.33 Å². The number of aromatic nitrogens is 4. The molecule has 2 aromatic heterocycles. The summed E-state index contributed by atoms with van der Waals surface area (Å²) in [5, 5.41) is 15.8. The first-order chi connectivity index (χ1) is 11.9. The Morgan fingerprint density at radius 3 is 2.15 bits per heavy atom. The molecular weight excluding hydrogens is 526 g/mol. The van der Waals surface area contributed by atoms with Crippen molar-refractivity contribution in [1.82, 2.24) is 19.5 Å². The third-order valence-electron chi connectivity index (χ3n) is 2.08. The molecule has 2 rings (SSSR count). The zero-order chi connectivity index (χ0) is 20.6. The smallest absolute Gasteiger partial charge is 0.287 e. The number of aromatic amines is 1. The van der Waals surface area contributed by atoms with Gasteiger partial charge >= 0.3 is 0 Å². The van der Waals surface area contributed by atoms with E-state index in [0.29, 0.717) is 11.2 Å². The van der Waals surface area contributed by atoms with Gasteiger partial charge in [0.25, 0.3) is 11.5 Å². The zero-order valence-corrected chi connectivity index (χ0v) is 16.0. The SMILES string of the molecule is Cn1cnc2nc(N)[nH]c(=O)c21.[CH-]=O.[CH-]=O.[CH-]=O.[NH-]C(CO)C(=O)O.[Re]. The number of fused-ring (bicyclic) bond motifs is 1. The number of aliphatic carboxylic acids is 1. The number of carbonyl (C=O) groups is 1. The van der Waals surface area contributed by atoms with Gasteiger partial charge in [0.1, 0.15) is 0 Å². The molecule has 0 aliphatic carbocycles. The van der Waals surface area contributed by atoms with Gasteiger partial charge in [-0.25, -0.2) is 4.98 Å². The number of anilines is 1. The fourth-order valence-corrected chi connectivity index (χ4v) is 1.16. The Bertz CT molecular complexity index is 687. The largest absolute Gasteiger partial charge is 0.663 e. The molecule has 2 aromatic rings. The quantitative estimate of drug-likeness (QED) is 0.239. The summed E-state index contributed by atoms with van der Waals surface area (Å²) in [4.78, 5) is 54.2. The van der Waals surface area contributed by atoms with Crippen LogP contribution in [0.5, 0.6) is 0 Å². The molecule has 147 valence electrons. The van der Waals surface area contributed by atoms with Gasteiger partial charge in [-0.15, -0.1) is 0 Å². The molecule has 1 unspecified atom stereocenters. The van der Waals surface area contributed by atoms with Crippen molar-refractivity contribution in [2.45, 2.75) is 6.04 Å². The van der Waals surface area contributed by atoms with E-state index in [0.717, 1.165) is 0 Å². The van der Waals surface area contributed by atoms with E-state index in [2.05, 4.69) is 35.3 Å². The summed E-state index contributed by atoms with van der Waals surface area (Å²) < 4.78 is 1.60. The van der Waals surface area contributed by atoms with Crippen LogP contribution in [0.15, 0.2) is 11.1 Å². The number of nitrogens with zero attached hydrogens (tertiary/aromatic N) is 3. The van der Waals surface area contributed by atoms with E-state index in [1.807, 2.05) is 0 Å². The number of aliphatic hydroxyl groups is 1. The molecule has 0 amide bonds. The maximum absolute atomic E-state index is 11.2. The van der Waals surface area contributed by atoms with Crippen LogP contribution in [0.4, 0.5) is 5.95 Å². The second kappa shape index (κ2) is 18.5. The number of aryl methyl sites for hydroxylation is 1. The first kappa shape index (κ1) is 31.0. The summed E-state index contributed by atoms with van der Waals surface area (Å²) in [6.07, 6.45) is 1.52. The third-order valence-corrected chi connectivity index (χ3v) is 2.08. The van der Waals surface area contributed by atoms with Gasteiger partial charge < -0.3 is 40.6 Å². The molecule has 26 heavy (non-hydrogen) atoms. The Hall–Kier alpha value is -2.79. The van der Waals surface area contributed by atoms with Gasteiger partial charge in [-0.1, -0.05) is 0 Å². The average Bonchev–Trinajstić information content (AvgIpc) is 3.01. The molecule has 0 saturated carbocycles. The van der Waals surface area contributed by atoms with E-state index in [1.54, 1.807) is 11.6 Å². The molecule has 0 aliphatic heterocycles. The van der Waals surface area contributed by atoms with Crippen LogP contribution in [0.1, 0.15) is 0 Å². The van der Waals surface area contributed by atoms with Crippen LogP contribution >= 0.6 is 0 Å². The van der Waals surface area contributed by atoms with Crippen LogP contribution in [-0.4, -0.2) is 68.7 Å². The number of hydrogen-bond acceptors (Lipinski definition) is 9. The van der Waals surface area contributed by atoms with Crippen molar-refractivity contribution in [2.24, 2.45) is 7.05 Å². The topological polar surface area (TPSA) is 222 Å². The van der Waals surface area contributed by atoms with Gasteiger partial charge in [0.15, 0.2) is 11.2 Å². The number of aliphatic hydroxyl groups excluding tert-OH is 1. The van der Waals surface area contributed by atoms with Gasteiger partial charge in [-0.2, -0.15) is 4.98 Å². The number of nitrogens with two attached hydrogens (primary N) is 1. The summed E-state index contributed by atoms with van der Waals surface area (Å²) in [6.45, 7) is 9.13. The summed E-state index contributed by atoms with van der Waals surface area (Å²) in [5.41, 5.74) is 12.3. The molecule has 0 spiro atoms. The second-order valence-electron chi connectivity index (χ2n) is 3.55. The predicted molar refractivity (Wildman–Crippen MR) is 86.6 cm³/mol. The van der Waals surface area contributed by atoms with E-state index in [4.69, 9.17) is 36.1 Å². The number of H-pyrrole nitrogens is 1. The number of nitrogens with one attached hydrogen (secondary N) is 2. The van der Waals surface area contributed by atoms with Gasteiger partial charge in [0.2, 0.25) is 5.95 Å². The van der Waals surface area contributed by atoms with Crippen molar-refractivity contribution in [3.63, 3.8) is 0 Å². The number of rotatable bonds is 2. The minimum Gasteiger partial charge on any atom is -0.663 e. The second-order valence-corrected chi connectivity index (χ2v) is 3.55. The third kappa shape index (κ3) is 10.9. The Labute approximate surface area is 161 Å². The van der Waals surface area contributed by atoms with Crippen LogP contribution < -0.4 is 11.3 Å². The molecule has 1 atom stereocenters. The van der Waals surface area contributed by atoms with E-state index < -0.39 is 18.6 Å². The summed E-state index contributed by atoms with van der Waals surface area (Å²) in [5.74, 6) is -1.20. The number of carboxylic acid groups (broad SMARTS) is 1. The first-order valence-corrected chi connectivity index (χ1v) is 5.79. The molecule has 2 heterocycles. The molecule has 0 saturated heterocycles. The monoisotopic (exact) mass is 543 g/mol. The number of imidazole rings is 1. The van der Waals surface area contributed by atoms with Crippen molar-refractivity contribution in [1.29, 1.82) is 0 Å². The Balaban J connectivity index is -0.000000151. The fourth-order valence-electron chi connectivity index (χ4n) is 1.16. The van der Waals surface area contributed by atoms with E-state index in [-0.39, 0.29) is 31.9 Å². The summed E-state index contributed by atoms with van der Waals surface area (Å²) in [7, 11) is 1.72. The molecule has 0 aliphatic rings. The van der Waals surface area contributed by atoms with E-state index in [9.17, 15) is 9.59 Å². The van der Waals surface area contributed by atoms with Crippen LogP contribution in [0, 0.1) is 0 Å². The van der Waals surface area contributed by atoms with Crippen molar-refractivity contribution in [3.8, 4) is 0 Å². The normalized spacial score (nSPS) is 9.04. The van der Waals surface area contributed by atoms with Crippen molar-refractivity contribution in [2.75, 3.05) is 12.3 Å². The molecule has 0 aromatic carbocycles. The van der Waals surface area contributed by atoms with Crippen LogP contribution in [0.2, 0.25) is 0 Å². The average molecular weight is 543 g/mol. The van der Waals surface area contributed by atoms with Gasteiger partial charge in [0, 0.05) is 34.1 Å². The van der Waals surface area contributed by atoms with Gasteiger partial charge in [0.05, 0.1) is 6.33 Å². The van der Waals surface area contributed by atoms with Crippen LogP contribution in [-0.2, 0) is 46.6 Å². The number of nitrogen functional groups attached to an aromatic ring is 1. The molecule has 14 heteroatoms. The van der Waals surface area contributed by atoms with Gasteiger partial charge in [-0.3, -0.25) is 34.9 Å². The van der Waals surface area contributed by atoms with Crippen molar-refractivity contribution >= 4 is 43.4 Å². The van der Waals surface area contributed by atoms with Crippen molar-refractivity contribution < 1.29 is 49.8 Å². The molecule has 1 radical (unpaired) electrons. The molecule has 6 N–H and O–H groups in total. The molecular formula is C12H16N6O7Re-4. The fraction of sp³-hybridized carbons (Fsp3) is 0.250. The zero-order valence-electron chi connectivity index (χ0n) is 13.3. The van der Waals surface area contributed by atoms with Crippen LogP contribution in [0.3, 0.4) is 0 Å². The minimum atomic E-state index is -1.38. The maximum Gasteiger partial charge on any atom is 0.287 e. The van der Waals surface area contributed by atoms with Crippen LogP contribution in [0.25, 0.3) is 16.9 Å². The molecule has 0 bridgehead atoms. The Kier molecular flexibility index (Phi) is 22.1. The maximum atomic E-state index is 11.2.